The molecule has 2 aromatic carbocycles. The van der Waals surface area contributed by atoms with Crippen molar-refractivity contribution in [1.82, 2.24) is 10.3 Å². The quantitative estimate of drug-likeness (QED) is 0.719. The van der Waals surface area contributed by atoms with Gasteiger partial charge in [-0.25, -0.2) is 4.39 Å². The van der Waals surface area contributed by atoms with Crippen LogP contribution >= 0.6 is 0 Å². The van der Waals surface area contributed by atoms with Crippen LogP contribution in [0.3, 0.4) is 0 Å². The van der Waals surface area contributed by atoms with Crippen LogP contribution in [0, 0.1) is 12.7 Å². The first kappa shape index (κ1) is 18.8. The maximum atomic E-state index is 13.4. The second-order valence-electron chi connectivity index (χ2n) is 7.01. The second kappa shape index (κ2) is 7.83. The summed E-state index contributed by atoms with van der Waals surface area (Å²) in [4.78, 5) is 31.5. The van der Waals surface area contributed by atoms with E-state index in [1.165, 1.54) is 29.2 Å². The fourth-order valence-corrected chi connectivity index (χ4v) is 3.59. The molecule has 4 rings (SSSR count). The summed E-state index contributed by atoms with van der Waals surface area (Å²) in [6.45, 7) is 2.41. The third kappa shape index (κ3) is 3.74. The summed E-state index contributed by atoms with van der Waals surface area (Å²) in [5.41, 5.74) is 3.70. The van der Waals surface area contributed by atoms with Crippen LogP contribution in [0.2, 0.25) is 0 Å². The van der Waals surface area contributed by atoms with E-state index in [2.05, 4.69) is 10.3 Å². The molecule has 2 heterocycles. The topological polar surface area (TPSA) is 62.3 Å². The van der Waals surface area contributed by atoms with Gasteiger partial charge >= 0.3 is 0 Å². The highest BCUT2D eigenvalue weighted by Crippen LogP contribution is 2.38. The standard InChI is InChI=1S/C23H20FN3O2/c1-15-5-2-3-6-16(15)14-26-21(28)13-20-22-19(7-4-12-25-22)23(29)27(20)18-10-8-17(24)9-11-18/h2-12,20H,13-14H2,1H3,(H,26,28). The number of carbonyl (C=O) groups excluding carboxylic acids is 2. The van der Waals surface area contributed by atoms with Crippen molar-refractivity contribution in [3.63, 3.8) is 0 Å². The number of hydrogen-bond donors (Lipinski definition) is 1. The second-order valence-corrected chi connectivity index (χ2v) is 7.01. The zero-order valence-corrected chi connectivity index (χ0v) is 15.9. The minimum atomic E-state index is -0.541. The molecule has 1 unspecified atom stereocenters. The number of carbonyl (C=O) groups is 2. The summed E-state index contributed by atoms with van der Waals surface area (Å²) in [5, 5.41) is 2.93. The van der Waals surface area contributed by atoms with E-state index < -0.39 is 6.04 Å². The lowest BCUT2D eigenvalue weighted by atomic mass is 10.1. The van der Waals surface area contributed by atoms with Gasteiger partial charge in [0.1, 0.15) is 5.82 Å². The number of nitrogens with zero attached hydrogens (tertiary/aromatic N) is 2. The molecule has 2 amide bonds. The molecule has 0 saturated heterocycles. The summed E-state index contributed by atoms with van der Waals surface area (Å²) >= 11 is 0. The molecule has 1 aliphatic rings. The van der Waals surface area contributed by atoms with Crippen molar-refractivity contribution in [1.29, 1.82) is 0 Å². The van der Waals surface area contributed by atoms with Crippen molar-refractivity contribution in [3.05, 3.63) is 95.1 Å². The van der Waals surface area contributed by atoms with E-state index in [0.717, 1.165) is 11.1 Å². The molecule has 0 fully saturated rings. The lowest BCUT2D eigenvalue weighted by molar-refractivity contribution is -0.121. The van der Waals surface area contributed by atoms with Gasteiger partial charge in [0.2, 0.25) is 5.91 Å². The molecular formula is C23H20FN3O2. The highest BCUT2D eigenvalue weighted by Gasteiger charge is 2.39. The van der Waals surface area contributed by atoms with Crippen molar-refractivity contribution < 1.29 is 14.0 Å². The van der Waals surface area contributed by atoms with Crippen LogP contribution in [0.4, 0.5) is 10.1 Å². The number of aromatic nitrogens is 1. The Labute approximate surface area is 168 Å². The van der Waals surface area contributed by atoms with Gasteiger partial charge in [-0.15, -0.1) is 0 Å². The molecule has 1 atom stereocenters. The van der Waals surface area contributed by atoms with E-state index in [1.807, 2.05) is 31.2 Å². The Hall–Kier alpha value is -3.54. The third-order valence-corrected chi connectivity index (χ3v) is 5.14. The number of hydrogen-bond acceptors (Lipinski definition) is 3. The Balaban J connectivity index is 1.57. The number of pyridine rings is 1. The molecule has 0 bridgehead atoms. The molecule has 3 aromatic rings. The van der Waals surface area contributed by atoms with Crippen LogP contribution in [-0.2, 0) is 11.3 Å². The van der Waals surface area contributed by atoms with Crippen LogP contribution in [0.1, 0.15) is 39.6 Å². The predicted molar refractivity (Wildman–Crippen MR) is 108 cm³/mol. The first-order valence-corrected chi connectivity index (χ1v) is 9.40. The van der Waals surface area contributed by atoms with Gasteiger partial charge in [0.25, 0.3) is 5.91 Å². The maximum Gasteiger partial charge on any atom is 0.260 e. The molecule has 6 heteroatoms. The van der Waals surface area contributed by atoms with Crippen molar-refractivity contribution in [3.8, 4) is 0 Å². The van der Waals surface area contributed by atoms with E-state index in [9.17, 15) is 14.0 Å². The van der Waals surface area contributed by atoms with E-state index in [4.69, 9.17) is 0 Å². The predicted octanol–water partition coefficient (Wildman–Crippen LogP) is 3.94. The number of nitrogens with one attached hydrogen (secondary N) is 1. The SMILES string of the molecule is Cc1ccccc1CNC(=O)CC1c2ncccc2C(=O)N1c1ccc(F)cc1. The molecule has 1 N–H and O–H groups in total. The van der Waals surface area contributed by atoms with Gasteiger partial charge in [0.15, 0.2) is 0 Å². The Morgan fingerprint density at radius 2 is 1.86 bits per heavy atom. The fourth-order valence-electron chi connectivity index (χ4n) is 3.59. The van der Waals surface area contributed by atoms with Crippen LogP contribution in [0.15, 0.2) is 66.9 Å². The lowest BCUT2D eigenvalue weighted by Gasteiger charge is -2.24. The van der Waals surface area contributed by atoms with Gasteiger partial charge in [0, 0.05) is 18.4 Å². The van der Waals surface area contributed by atoms with E-state index >= 15 is 0 Å². The van der Waals surface area contributed by atoms with Crippen molar-refractivity contribution >= 4 is 17.5 Å². The van der Waals surface area contributed by atoms with Gasteiger partial charge in [-0.2, -0.15) is 0 Å². The zero-order chi connectivity index (χ0) is 20.4. The summed E-state index contributed by atoms with van der Waals surface area (Å²) < 4.78 is 13.4. The fraction of sp³-hybridized carbons (Fsp3) is 0.174. The Morgan fingerprint density at radius 3 is 2.62 bits per heavy atom. The monoisotopic (exact) mass is 389 g/mol. The smallest absolute Gasteiger partial charge is 0.260 e. The number of aryl methyl sites for hydroxylation is 1. The summed E-state index contributed by atoms with van der Waals surface area (Å²) in [7, 11) is 0. The van der Waals surface area contributed by atoms with Crippen LogP contribution < -0.4 is 10.2 Å². The van der Waals surface area contributed by atoms with Gasteiger partial charge in [-0.05, 0) is 54.4 Å². The number of fused-ring (bicyclic) bond motifs is 1. The average Bonchev–Trinajstić information content (AvgIpc) is 3.00. The van der Waals surface area contributed by atoms with Crippen LogP contribution in [0.5, 0.6) is 0 Å². The van der Waals surface area contributed by atoms with Crippen LogP contribution in [0.25, 0.3) is 0 Å². The Kier molecular flexibility index (Phi) is 5.08. The summed E-state index contributed by atoms with van der Waals surface area (Å²) in [6, 6.07) is 16.4. The third-order valence-electron chi connectivity index (χ3n) is 5.14. The first-order valence-electron chi connectivity index (χ1n) is 9.40. The normalized spacial score (nSPS) is 15.3. The van der Waals surface area contributed by atoms with Crippen molar-refractivity contribution in [2.45, 2.75) is 25.9 Å². The number of benzene rings is 2. The minimum absolute atomic E-state index is 0.0685. The van der Waals surface area contributed by atoms with E-state index in [1.54, 1.807) is 18.3 Å². The number of halogens is 1. The first-order chi connectivity index (χ1) is 14.0. The van der Waals surface area contributed by atoms with Gasteiger partial charge in [0.05, 0.1) is 23.7 Å². The van der Waals surface area contributed by atoms with Crippen molar-refractivity contribution in [2.75, 3.05) is 4.90 Å². The molecule has 0 radical (unpaired) electrons. The minimum Gasteiger partial charge on any atom is -0.352 e. The highest BCUT2D eigenvalue weighted by molar-refractivity contribution is 6.11. The largest absolute Gasteiger partial charge is 0.352 e. The summed E-state index contributed by atoms with van der Waals surface area (Å²) in [5.74, 6) is -0.809. The maximum absolute atomic E-state index is 13.4. The van der Waals surface area contributed by atoms with E-state index in [-0.39, 0.29) is 24.1 Å². The summed E-state index contributed by atoms with van der Waals surface area (Å²) in [6.07, 6.45) is 1.68. The molecule has 1 aromatic heterocycles. The van der Waals surface area contributed by atoms with Gasteiger partial charge in [-0.3, -0.25) is 19.5 Å². The van der Waals surface area contributed by atoms with Gasteiger partial charge < -0.3 is 5.32 Å². The van der Waals surface area contributed by atoms with E-state index in [0.29, 0.717) is 23.5 Å². The Bertz CT molecular complexity index is 1070. The molecule has 1 aliphatic heterocycles. The molecule has 0 aliphatic carbocycles. The molecular weight excluding hydrogens is 369 g/mol. The number of anilines is 1. The number of amides is 2. The molecule has 146 valence electrons. The van der Waals surface area contributed by atoms with Crippen molar-refractivity contribution in [2.24, 2.45) is 0 Å². The zero-order valence-electron chi connectivity index (χ0n) is 15.9. The molecule has 0 saturated carbocycles. The highest BCUT2D eigenvalue weighted by atomic mass is 19.1. The molecule has 0 spiro atoms. The molecule has 29 heavy (non-hydrogen) atoms. The van der Waals surface area contributed by atoms with Gasteiger partial charge in [-0.1, -0.05) is 24.3 Å². The average molecular weight is 389 g/mol. The van der Waals surface area contributed by atoms with Crippen LogP contribution in [-0.4, -0.2) is 16.8 Å². The Morgan fingerprint density at radius 1 is 1.10 bits per heavy atom. The lowest BCUT2D eigenvalue weighted by Crippen LogP contribution is -2.33. The number of rotatable bonds is 5. The molecule has 5 nitrogen and oxygen atoms in total.